The Hall–Kier alpha value is -0.580. The van der Waals surface area contributed by atoms with E-state index in [2.05, 4.69) is 47.2 Å². The molecule has 0 aliphatic carbocycles. The second kappa shape index (κ2) is 9.34. The number of hydrogen-bond donors (Lipinski definition) is 1. The third kappa shape index (κ3) is 5.93. The second-order valence-corrected chi connectivity index (χ2v) is 5.43. The first-order valence-electron chi connectivity index (χ1n) is 6.83. The van der Waals surface area contributed by atoms with Gasteiger partial charge in [0.05, 0.1) is 6.61 Å². The summed E-state index contributed by atoms with van der Waals surface area (Å²) < 4.78 is 12.0. The highest BCUT2D eigenvalue weighted by atomic mass is 79.9. The van der Waals surface area contributed by atoms with Gasteiger partial charge in [0.1, 0.15) is 5.75 Å². The van der Waals surface area contributed by atoms with Crippen LogP contribution in [0.25, 0.3) is 0 Å². The molecule has 0 aliphatic rings. The Labute approximate surface area is 124 Å². The molecular weight excluding hydrogens is 306 g/mol. The molecule has 0 fully saturated rings. The van der Waals surface area contributed by atoms with Crippen molar-refractivity contribution in [2.45, 2.75) is 32.7 Å². The van der Waals surface area contributed by atoms with Gasteiger partial charge in [-0.25, -0.2) is 0 Å². The lowest BCUT2D eigenvalue weighted by Crippen LogP contribution is -2.18. The highest BCUT2D eigenvalue weighted by Crippen LogP contribution is 2.28. The fraction of sp³-hybridized carbons (Fsp3) is 0.600. The summed E-state index contributed by atoms with van der Waals surface area (Å²) in [6.45, 7) is 6.74. The number of benzene rings is 1. The molecule has 0 radical (unpaired) electrons. The highest BCUT2D eigenvalue weighted by Gasteiger charge is 2.11. The van der Waals surface area contributed by atoms with Gasteiger partial charge in [-0.05, 0) is 38.4 Å². The zero-order valence-corrected chi connectivity index (χ0v) is 13.6. The smallest absolute Gasteiger partial charge is 0.125 e. The van der Waals surface area contributed by atoms with E-state index in [1.54, 1.807) is 7.11 Å². The predicted molar refractivity (Wildman–Crippen MR) is 82.8 cm³/mol. The summed E-state index contributed by atoms with van der Waals surface area (Å²) in [6, 6.07) is 6.51. The molecule has 1 N–H and O–H groups in total. The molecule has 0 aromatic heterocycles. The Morgan fingerprint density at radius 2 is 2.00 bits per heavy atom. The maximum atomic E-state index is 5.91. The zero-order chi connectivity index (χ0) is 14.1. The Balaban J connectivity index is 2.61. The van der Waals surface area contributed by atoms with E-state index in [1.807, 2.05) is 6.07 Å². The summed E-state index contributed by atoms with van der Waals surface area (Å²) in [6.07, 6.45) is 2.04. The molecule has 0 amide bonds. The second-order valence-electron chi connectivity index (χ2n) is 4.51. The van der Waals surface area contributed by atoms with E-state index in [0.717, 1.165) is 42.8 Å². The summed E-state index contributed by atoms with van der Waals surface area (Å²) in [5, 5.41) is 3.42. The molecule has 3 nitrogen and oxygen atoms in total. The molecule has 1 unspecified atom stereocenters. The number of hydrogen-bond acceptors (Lipinski definition) is 3. The molecule has 4 heteroatoms. The van der Waals surface area contributed by atoms with Crippen LogP contribution in [0.2, 0.25) is 0 Å². The Morgan fingerprint density at radius 1 is 1.26 bits per heavy atom. The molecule has 0 saturated carbocycles. The number of unbranched alkanes of at least 4 members (excludes halogenated alkanes) is 1. The summed E-state index contributed by atoms with van der Waals surface area (Å²) in [4.78, 5) is 0. The monoisotopic (exact) mass is 329 g/mol. The van der Waals surface area contributed by atoms with Crippen LogP contribution in [0.4, 0.5) is 0 Å². The van der Waals surface area contributed by atoms with Crippen LogP contribution in [-0.2, 0) is 4.74 Å². The minimum absolute atomic E-state index is 0.298. The van der Waals surface area contributed by atoms with E-state index in [1.165, 1.54) is 5.56 Å². The van der Waals surface area contributed by atoms with Crippen molar-refractivity contribution >= 4 is 15.9 Å². The highest BCUT2D eigenvalue weighted by molar-refractivity contribution is 9.10. The Bertz CT molecular complexity index is 371. The van der Waals surface area contributed by atoms with Crippen molar-refractivity contribution in [3.63, 3.8) is 0 Å². The Morgan fingerprint density at radius 3 is 2.68 bits per heavy atom. The summed E-state index contributed by atoms with van der Waals surface area (Å²) in [7, 11) is 1.73. The van der Waals surface area contributed by atoms with Gasteiger partial charge < -0.3 is 14.8 Å². The van der Waals surface area contributed by atoms with Gasteiger partial charge in [0.15, 0.2) is 0 Å². The largest absolute Gasteiger partial charge is 0.493 e. The lowest BCUT2D eigenvalue weighted by Gasteiger charge is -2.18. The van der Waals surface area contributed by atoms with Gasteiger partial charge in [-0.15, -0.1) is 0 Å². The normalized spacial score (nSPS) is 12.4. The molecule has 19 heavy (non-hydrogen) atoms. The molecule has 0 heterocycles. The quantitative estimate of drug-likeness (QED) is 0.696. The van der Waals surface area contributed by atoms with Crippen LogP contribution in [0.3, 0.4) is 0 Å². The van der Waals surface area contributed by atoms with Crippen LogP contribution in [0, 0.1) is 0 Å². The third-order valence-corrected chi connectivity index (χ3v) is 3.45. The number of halogens is 1. The first-order chi connectivity index (χ1) is 9.19. The minimum Gasteiger partial charge on any atom is -0.493 e. The van der Waals surface area contributed by atoms with E-state index in [4.69, 9.17) is 9.47 Å². The van der Waals surface area contributed by atoms with Gasteiger partial charge in [-0.2, -0.15) is 0 Å². The van der Waals surface area contributed by atoms with Crippen molar-refractivity contribution in [2.75, 3.05) is 26.9 Å². The average molecular weight is 330 g/mol. The van der Waals surface area contributed by atoms with Crippen molar-refractivity contribution in [2.24, 2.45) is 0 Å². The molecule has 0 spiro atoms. The molecule has 0 saturated heterocycles. The standard InChI is InChI=1S/C15H24BrNO2/c1-4-17-12(2)14-8-7-13(16)11-15(14)19-10-6-5-9-18-3/h7-8,11-12,17H,4-6,9-10H2,1-3H3. The van der Waals surface area contributed by atoms with Crippen molar-refractivity contribution in [3.8, 4) is 5.75 Å². The van der Waals surface area contributed by atoms with Gasteiger partial charge in [-0.3, -0.25) is 0 Å². The predicted octanol–water partition coefficient (Wildman–Crippen LogP) is 3.93. The van der Waals surface area contributed by atoms with E-state index in [9.17, 15) is 0 Å². The summed E-state index contributed by atoms with van der Waals surface area (Å²) in [5.74, 6) is 0.959. The fourth-order valence-corrected chi connectivity index (χ4v) is 2.28. The fourth-order valence-electron chi connectivity index (χ4n) is 1.94. The SMILES string of the molecule is CCNC(C)c1ccc(Br)cc1OCCCCOC. The molecule has 0 aliphatic heterocycles. The van der Waals surface area contributed by atoms with Crippen molar-refractivity contribution in [1.82, 2.24) is 5.32 Å². The van der Waals surface area contributed by atoms with Gasteiger partial charge in [0.25, 0.3) is 0 Å². The van der Waals surface area contributed by atoms with Gasteiger partial charge in [0, 0.05) is 29.8 Å². The van der Waals surface area contributed by atoms with Gasteiger partial charge >= 0.3 is 0 Å². The average Bonchev–Trinajstić information content (AvgIpc) is 2.39. The minimum atomic E-state index is 0.298. The Kier molecular flexibility index (Phi) is 8.10. The van der Waals surface area contributed by atoms with Crippen molar-refractivity contribution in [3.05, 3.63) is 28.2 Å². The molecule has 0 bridgehead atoms. The lowest BCUT2D eigenvalue weighted by molar-refractivity contribution is 0.184. The van der Waals surface area contributed by atoms with Gasteiger partial charge in [-0.1, -0.05) is 28.9 Å². The summed E-state index contributed by atoms with van der Waals surface area (Å²) in [5.41, 5.74) is 1.21. The van der Waals surface area contributed by atoms with Crippen LogP contribution in [-0.4, -0.2) is 26.9 Å². The molecule has 1 atom stereocenters. The zero-order valence-electron chi connectivity index (χ0n) is 12.0. The van der Waals surface area contributed by atoms with Crippen molar-refractivity contribution in [1.29, 1.82) is 0 Å². The number of rotatable bonds is 9. The van der Waals surface area contributed by atoms with Crippen LogP contribution in [0.5, 0.6) is 5.75 Å². The molecule has 1 rings (SSSR count). The first-order valence-corrected chi connectivity index (χ1v) is 7.63. The van der Waals surface area contributed by atoms with Crippen LogP contribution in [0.15, 0.2) is 22.7 Å². The maximum absolute atomic E-state index is 5.91. The van der Waals surface area contributed by atoms with Crippen LogP contribution < -0.4 is 10.1 Å². The topological polar surface area (TPSA) is 30.5 Å². The number of nitrogens with one attached hydrogen (secondary N) is 1. The first kappa shape index (κ1) is 16.5. The van der Waals surface area contributed by atoms with E-state index in [-0.39, 0.29) is 0 Å². The number of ether oxygens (including phenoxy) is 2. The molecule has 108 valence electrons. The van der Waals surface area contributed by atoms with E-state index >= 15 is 0 Å². The number of methoxy groups -OCH3 is 1. The molecular formula is C15H24BrNO2. The molecule has 1 aromatic rings. The van der Waals surface area contributed by atoms with E-state index < -0.39 is 0 Å². The molecule has 1 aromatic carbocycles. The third-order valence-electron chi connectivity index (χ3n) is 2.95. The van der Waals surface area contributed by atoms with Crippen LogP contribution in [0.1, 0.15) is 38.3 Å². The van der Waals surface area contributed by atoms with Crippen LogP contribution >= 0.6 is 15.9 Å². The van der Waals surface area contributed by atoms with Gasteiger partial charge in [0.2, 0.25) is 0 Å². The van der Waals surface area contributed by atoms with Crippen molar-refractivity contribution < 1.29 is 9.47 Å². The summed E-state index contributed by atoms with van der Waals surface area (Å²) >= 11 is 3.50. The van der Waals surface area contributed by atoms with E-state index in [0.29, 0.717) is 6.04 Å². The maximum Gasteiger partial charge on any atom is 0.125 e. The lowest BCUT2D eigenvalue weighted by atomic mass is 10.1.